The molecule has 2 unspecified atom stereocenters. The quantitative estimate of drug-likeness (QED) is 0.623. The Labute approximate surface area is 200 Å². The molecule has 0 saturated carbocycles. The number of ether oxygens (including phenoxy) is 1. The number of fused-ring (bicyclic) bond motifs is 1. The molecule has 0 aliphatic carbocycles. The molecule has 2 aromatic carbocycles. The largest absolute Gasteiger partial charge is 0.444 e. The van der Waals surface area contributed by atoms with Crippen LogP contribution in [0.4, 0.5) is 19.3 Å². The van der Waals surface area contributed by atoms with E-state index in [1.165, 1.54) is 5.56 Å². The third-order valence-electron chi connectivity index (χ3n) is 6.28. The normalized spacial score (nSPS) is 21.9. The number of benzene rings is 2. The van der Waals surface area contributed by atoms with Crippen LogP contribution < -0.4 is 5.32 Å². The van der Waals surface area contributed by atoms with Gasteiger partial charge < -0.3 is 15.0 Å². The number of halogens is 2. The molecular formula is C27H33F2N3O2. The van der Waals surface area contributed by atoms with Gasteiger partial charge in [-0.3, -0.25) is 4.99 Å². The molecule has 7 heteroatoms. The predicted molar refractivity (Wildman–Crippen MR) is 131 cm³/mol. The van der Waals surface area contributed by atoms with E-state index < -0.39 is 30.2 Å². The van der Waals surface area contributed by atoms with E-state index in [4.69, 9.17) is 9.73 Å². The number of aliphatic imine (C=N–C) groups is 1. The number of likely N-dealkylation sites (tertiary alicyclic amines) is 1. The van der Waals surface area contributed by atoms with Gasteiger partial charge in [0.15, 0.2) is 0 Å². The van der Waals surface area contributed by atoms with Gasteiger partial charge in [0.25, 0.3) is 5.92 Å². The second-order valence-electron chi connectivity index (χ2n) is 10.2. The average molecular weight is 470 g/mol. The summed E-state index contributed by atoms with van der Waals surface area (Å²) in [6.07, 6.45) is 0.929. The monoisotopic (exact) mass is 469 g/mol. The maximum Gasteiger partial charge on any atom is 0.410 e. The second kappa shape index (κ2) is 9.35. The Morgan fingerprint density at radius 2 is 1.91 bits per heavy atom. The highest BCUT2D eigenvalue weighted by atomic mass is 19.3. The summed E-state index contributed by atoms with van der Waals surface area (Å²) in [5.41, 5.74) is 4.17. The molecule has 0 spiro atoms. The minimum absolute atomic E-state index is 0.0624. The summed E-state index contributed by atoms with van der Waals surface area (Å²) in [6, 6.07) is 14.9. The molecule has 34 heavy (non-hydrogen) atoms. The number of rotatable bonds is 4. The van der Waals surface area contributed by atoms with Gasteiger partial charge in [0.1, 0.15) is 5.60 Å². The lowest BCUT2D eigenvalue weighted by Crippen LogP contribution is -2.56. The maximum absolute atomic E-state index is 15.1. The third kappa shape index (κ3) is 5.57. The molecular weight excluding hydrogens is 436 g/mol. The van der Waals surface area contributed by atoms with Crippen molar-refractivity contribution < 1.29 is 18.3 Å². The van der Waals surface area contributed by atoms with Crippen LogP contribution in [0, 0.1) is 0 Å². The van der Waals surface area contributed by atoms with E-state index in [1.54, 1.807) is 20.8 Å². The molecule has 2 atom stereocenters. The SMILES string of the molecule is CC1=NC(Cc2ccccc2)Cc2c(NC3CCN(C(=O)OC(C)(C)C)CC3(F)F)cccc21. The molecule has 2 aliphatic rings. The van der Waals surface area contributed by atoms with Gasteiger partial charge in [-0.25, -0.2) is 13.6 Å². The minimum Gasteiger partial charge on any atom is -0.444 e. The molecule has 0 radical (unpaired) electrons. The van der Waals surface area contributed by atoms with Crippen LogP contribution >= 0.6 is 0 Å². The Hall–Kier alpha value is -2.96. The molecule has 1 fully saturated rings. The van der Waals surface area contributed by atoms with Crippen LogP contribution in [0.1, 0.15) is 50.8 Å². The molecule has 182 valence electrons. The number of piperidine rings is 1. The first-order chi connectivity index (χ1) is 16.0. The van der Waals surface area contributed by atoms with Crippen molar-refractivity contribution >= 4 is 17.5 Å². The Balaban J connectivity index is 1.49. The minimum atomic E-state index is -3.08. The van der Waals surface area contributed by atoms with Gasteiger partial charge in [0.2, 0.25) is 0 Å². The molecule has 0 bridgehead atoms. The van der Waals surface area contributed by atoms with Gasteiger partial charge >= 0.3 is 6.09 Å². The standard InChI is InChI=1S/C27H33F2N3O2/c1-18-21-11-8-12-23(22(21)16-20(30-18)15-19-9-6-5-7-10-19)31-24-13-14-32(17-27(24,28)29)25(33)34-26(2,3)4/h5-12,20,24,31H,13-17H2,1-4H3. The van der Waals surface area contributed by atoms with E-state index in [2.05, 4.69) is 17.4 Å². The van der Waals surface area contributed by atoms with Crippen molar-refractivity contribution in [2.75, 3.05) is 18.4 Å². The predicted octanol–water partition coefficient (Wildman–Crippen LogP) is 5.72. The van der Waals surface area contributed by atoms with Crippen molar-refractivity contribution in [1.29, 1.82) is 0 Å². The van der Waals surface area contributed by atoms with Crippen molar-refractivity contribution in [3.8, 4) is 0 Å². The number of hydrogen-bond acceptors (Lipinski definition) is 4. The Bertz CT molecular complexity index is 1060. The third-order valence-corrected chi connectivity index (χ3v) is 6.28. The Morgan fingerprint density at radius 3 is 2.59 bits per heavy atom. The molecule has 2 aliphatic heterocycles. The zero-order valence-electron chi connectivity index (χ0n) is 20.3. The molecule has 1 saturated heterocycles. The number of nitrogens with zero attached hydrogens (tertiary/aromatic N) is 2. The van der Waals surface area contributed by atoms with Gasteiger partial charge in [-0.1, -0.05) is 42.5 Å². The van der Waals surface area contributed by atoms with Crippen LogP contribution in [-0.4, -0.2) is 53.4 Å². The lowest BCUT2D eigenvalue weighted by molar-refractivity contribution is -0.0770. The summed E-state index contributed by atoms with van der Waals surface area (Å²) in [6.45, 7) is 6.72. The van der Waals surface area contributed by atoms with Crippen molar-refractivity contribution in [1.82, 2.24) is 4.90 Å². The van der Waals surface area contributed by atoms with Gasteiger partial charge in [0, 0.05) is 23.5 Å². The van der Waals surface area contributed by atoms with E-state index in [9.17, 15) is 4.79 Å². The smallest absolute Gasteiger partial charge is 0.410 e. The van der Waals surface area contributed by atoms with Crippen LogP contribution in [0.3, 0.4) is 0 Å². The molecule has 1 N–H and O–H groups in total. The molecule has 0 aromatic heterocycles. The summed E-state index contributed by atoms with van der Waals surface area (Å²) in [4.78, 5) is 18.3. The summed E-state index contributed by atoms with van der Waals surface area (Å²) in [5, 5.41) is 3.13. The van der Waals surface area contributed by atoms with Crippen LogP contribution in [-0.2, 0) is 17.6 Å². The van der Waals surface area contributed by atoms with Crippen molar-refractivity contribution in [3.63, 3.8) is 0 Å². The number of carbonyl (C=O) groups is 1. The van der Waals surface area contributed by atoms with E-state index >= 15 is 8.78 Å². The first kappa shape index (κ1) is 24.2. The molecule has 4 rings (SSSR count). The summed E-state index contributed by atoms with van der Waals surface area (Å²) in [5.74, 6) is -3.08. The summed E-state index contributed by atoms with van der Waals surface area (Å²) in [7, 11) is 0. The average Bonchev–Trinajstić information content (AvgIpc) is 2.75. The topological polar surface area (TPSA) is 53.9 Å². The lowest BCUT2D eigenvalue weighted by atomic mass is 9.89. The van der Waals surface area contributed by atoms with Gasteiger partial charge in [-0.2, -0.15) is 0 Å². The first-order valence-corrected chi connectivity index (χ1v) is 11.8. The molecule has 2 aromatic rings. The Morgan fingerprint density at radius 1 is 1.18 bits per heavy atom. The zero-order valence-corrected chi connectivity index (χ0v) is 20.3. The molecule has 1 amide bonds. The highest BCUT2D eigenvalue weighted by molar-refractivity contribution is 6.02. The maximum atomic E-state index is 15.1. The van der Waals surface area contributed by atoms with Crippen LogP contribution in [0.25, 0.3) is 0 Å². The Kier molecular flexibility index (Phi) is 6.65. The number of amides is 1. The van der Waals surface area contributed by atoms with E-state index in [0.29, 0.717) is 6.42 Å². The number of alkyl halides is 2. The summed E-state index contributed by atoms with van der Waals surface area (Å²) < 4.78 is 35.6. The van der Waals surface area contributed by atoms with Crippen molar-refractivity contribution in [3.05, 3.63) is 65.2 Å². The number of anilines is 1. The van der Waals surface area contributed by atoms with E-state index in [1.807, 2.05) is 43.3 Å². The fraction of sp³-hybridized carbons (Fsp3) is 0.481. The fourth-order valence-electron chi connectivity index (χ4n) is 4.70. The van der Waals surface area contributed by atoms with Gasteiger partial charge in [0.05, 0.1) is 18.6 Å². The first-order valence-electron chi connectivity index (χ1n) is 11.8. The van der Waals surface area contributed by atoms with E-state index in [-0.39, 0.29) is 19.0 Å². The molecule has 5 nitrogen and oxygen atoms in total. The van der Waals surface area contributed by atoms with Gasteiger partial charge in [-0.15, -0.1) is 0 Å². The molecule has 2 heterocycles. The highest BCUT2D eigenvalue weighted by Gasteiger charge is 2.47. The van der Waals surface area contributed by atoms with E-state index in [0.717, 1.165) is 33.8 Å². The van der Waals surface area contributed by atoms with Crippen molar-refractivity contribution in [2.24, 2.45) is 4.99 Å². The van der Waals surface area contributed by atoms with Crippen LogP contribution in [0.5, 0.6) is 0 Å². The van der Waals surface area contributed by atoms with Crippen LogP contribution in [0.15, 0.2) is 53.5 Å². The fourth-order valence-corrected chi connectivity index (χ4v) is 4.70. The van der Waals surface area contributed by atoms with Crippen LogP contribution in [0.2, 0.25) is 0 Å². The number of carbonyl (C=O) groups excluding carboxylic acids is 1. The summed E-state index contributed by atoms with van der Waals surface area (Å²) >= 11 is 0. The highest BCUT2D eigenvalue weighted by Crippen LogP contribution is 2.34. The van der Waals surface area contributed by atoms with Crippen molar-refractivity contribution in [2.45, 2.75) is 70.6 Å². The van der Waals surface area contributed by atoms with Gasteiger partial charge in [-0.05, 0) is 64.2 Å². The second-order valence-corrected chi connectivity index (χ2v) is 10.2. The number of nitrogens with one attached hydrogen (secondary N) is 1. The number of hydrogen-bond donors (Lipinski definition) is 1. The lowest BCUT2D eigenvalue weighted by Gasteiger charge is -2.40. The zero-order chi connectivity index (χ0) is 24.5.